The van der Waals surface area contributed by atoms with Crippen LogP contribution in [-0.4, -0.2) is 53.5 Å². The van der Waals surface area contributed by atoms with Crippen molar-refractivity contribution >= 4 is 5.91 Å². The van der Waals surface area contributed by atoms with E-state index < -0.39 is 0 Å². The van der Waals surface area contributed by atoms with Crippen LogP contribution in [0.2, 0.25) is 0 Å². The number of carbonyl (C=O) groups excluding carboxylic acids is 1. The third-order valence-corrected chi connectivity index (χ3v) is 4.84. The van der Waals surface area contributed by atoms with Crippen LogP contribution < -0.4 is 4.74 Å². The van der Waals surface area contributed by atoms with Crippen LogP contribution in [-0.2, 0) is 4.74 Å². The van der Waals surface area contributed by atoms with E-state index in [9.17, 15) is 4.79 Å². The molecule has 2 aromatic carbocycles. The lowest BCUT2D eigenvalue weighted by molar-refractivity contribution is -0.0123. The highest BCUT2D eigenvalue weighted by molar-refractivity contribution is 6.00. The molecule has 1 fully saturated rings. The van der Waals surface area contributed by atoms with E-state index in [4.69, 9.17) is 14.6 Å². The Kier molecular flexibility index (Phi) is 5.12. The largest absolute Gasteiger partial charge is 0.497 e. The van der Waals surface area contributed by atoms with Gasteiger partial charge in [-0.1, -0.05) is 30.3 Å². The van der Waals surface area contributed by atoms with Crippen LogP contribution >= 0.6 is 0 Å². The van der Waals surface area contributed by atoms with Gasteiger partial charge in [-0.05, 0) is 31.2 Å². The van der Waals surface area contributed by atoms with Gasteiger partial charge in [0.2, 0.25) is 0 Å². The zero-order valence-electron chi connectivity index (χ0n) is 16.0. The molecular formula is C22H23N3O3. The maximum atomic E-state index is 13.3. The normalized spacial score (nSPS) is 16.8. The van der Waals surface area contributed by atoms with E-state index in [2.05, 4.69) is 0 Å². The molecule has 1 atom stereocenters. The van der Waals surface area contributed by atoms with Crippen LogP contribution in [0.1, 0.15) is 17.3 Å². The molecule has 1 unspecified atom stereocenters. The predicted octanol–water partition coefficient (Wildman–Crippen LogP) is 3.41. The molecule has 0 saturated carbocycles. The van der Waals surface area contributed by atoms with Gasteiger partial charge in [0.05, 0.1) is 31.1 Å². The first-order chi connectivity index (χ1) is 13.7. The summed E-state index contributed by atoms with van der Waals surface area (Å²) in [7, 11) is 1.63. The number of ether oxygens (including phenoxy) is 2. The fraction of sp³-hybridized carbons (Fsp3) is 0.273. The highest BCUT2D eigenvalue weighted by Crippen LogP contribution is 2.28. The maximum Gasteiger partial charge on any atom is 0.257 e. The number of methoxy groups -OCH3 is 1. The summed E-state index contributed by atoms with van der Waals surface area (Å²) < 4.78 is 12.7. The number of hydrogen-bond acceptors (Lipinski definition) is 4. The van der Waals surface area contributed by atoms with Crippen molar-refractivity contribution in [2.75, 3.05) is 26.8 Å². The van der Waals surface area contributed by atoms with Gasteiger partial charge in [-0.2, -0.15) is 5.10 Å². The van der Waals surface area contributed by atoms with Gasteiger partial charge >= 0.3 is 0 Å². The van der Waals surface area contributed by atoms with Gasteiger partial charge in [-0.15, -0.1) is 0 Å². The minimum absolute atomic E-state index is 0.0298. The van der Waals surface area contributed by atoms with Crippen LogP contribution in [0.4, 0.5) is 0 Å². The van der Waals surface area contributed by atoms with E-state index in [1.165, 1.54) is 0 Å². The van der Waals surface area contributed by atoms with Crippen LogP contribution in [0.25, 0.3) is 16.9 Å². The predicted molar refractivity (Wildman–Crippen MR) is 107 cm³/mol. The Morgan fingerprint density at radius 1 is 1.18 bits per heavy atom. The molecule has 0 spiro atoms. The van der Waals surface area contributed by atoms with Crippen molar-refractivity contribution in [3.8, 4) is 22.7 Å². The summed E-state index contributed by atoms with van der Waals surface area (Å²) >= 11 is 0. The van der Waals surface area contributed by atoms with Gasteiger partial charge in [-0.3, -0.25) is 4.79 Å². The van der Waals surface area contributed by atoms with E-state index in [-0.39, 0.29) is 12.0 Å². The van der Waals surface area contributed by atoms with Crippen LogP contribution in [0, 0.1) is 0 Å². The SMILES string of the molecule is COc1cccc(-c2nn(-c3ccccc3)cc2C(=O)N2CCOC(C)C2)c1. The number of benzene rings is 2. The highest BCUT2D eigenvalue weighted by atomic mass is 16.5. The molecule has 0 aliphatic carbocycles. The van der Waals surface area contributed by atoms with Crippen molar-refractivity contribution in [2.45, 2.75) is 13.0 Å². The minimum atomic E-state index is -0.0323. The second kappa shape index (κ2) is 7.86. The Hall–Kier alpha value is -3.12. The van der Waals surface area contributed by atoms with Gasteiger partial charge < -0.3 is 14.4 Å². The molecule has 144 valence electrons. The van der Waals surface area contributed by atoms with E-state index in [1.54, 1.807) is 11.8 Å². The first kappa shape index (κ1) is 18.3. The van der Waals surface area contributed by atoms with Crippen molar-refractivity contribution in [3.63, 3.8) is 0 Å². The van der Waals surface area contributed by atoms with Crippen molar-refractivity contribution in [2.24, 2.45) is 0 Å². The Balaban J connectivity index is 1.78. The van der Waals surface area contributed by atoms with Crippen LogP contribution in [0.5, 0.6) is 5.75 Å². The molecule has 1 aromatic heterocycles. The Morgan fingerprint density at radius 3 is 2.75 bits per heavy atom. The number of aromatic nitrogens is 2. The van der Waals surface area contributed by atoms with Gasteiger partial charge in [0.15, 0.2) is 0 Å². The summed E-state index contributed by atoms with van der Waals surface area (Å²) in [5.41, 5.74) is 2.97. The van der Waals surface area contributed by atoms with E-state index in [0.29, 0.717) is 31.0 Å². The molecule has 4 rings (SSSR count). The second-order valence-electron chi connectivity index (χ2n) is 6.84. The number of para-hydroxylation sites is 1. The molecule has 1 aliphatic rings. The molecule has 0 bridgehead atoms. The summed E-state index contributed by atoms with van der Waals surface area (Å²) in [6, 6.07) is 17.4. The fourth-order valence-corrected chi connectivity index (χ4v) is 3.40. The molecular weight excluding hydrogens is 354 g/mol. The standard InChI is InChI=1S/C22H23N3O3/c1-16-14-24(11-12-28-16)22(26)20-15-25(18-8-4-3-5-9-18)23-21(20)17-7-6-10-19(13-17)27-2/h3-10,13,15-16H,11-12,14H2,1-2H3. The molecule has 28 heavy (non-hydrogen) atoms. The molecule has 6 heteroatoms. The van der Waals surface area contributed by atoms with Crippen molar-refractivity contribution in [3.05, 3.63) is 66.4 Å². The minimum Gasteiger partial charge on any atom is -0.497 e. The average Bonchev–Trinajstić information content (AvgIpc) is 3.19. The number of carbonyl (C=O) groups is 1. The molecule has 3 aromatic rings. The number of amides is 1. The molecule has 0 N–H and O–H groups in total. The zero-order valence-corrected chi connectivity index (χ0v) is 16.0. The summed E-state index contributed by atoms with van der Waals surface area (Å²) in [5.74, 6) is 0.695. The van der Waals surface area contributed by atoms with Crippen molar-refractivity contribution in [1.29, 1.82) is 0 Å². The summed E-state index contributed by atoms with van der Waals surface area (Å²) in [4.78, 5) is 15.2. The second-order valence-corrected chi connectivity index (χ2v) is 6.84. The monoisotopic (exact) mass is 377 g/mol. The van der Waals surface area contributed by atoms with Gasteiger partial charge in [0.1, 0.15) is 11.4 Å². The van der Waals surface area contributed by atoms with Crippen LogP contribution in [0.3, 0.4) is 0 Å². The van der Waals surface area contributed by atoms with Crippen LogP contribution in [0.15, 0.2) is 60.8 Å². The van der Waals surface area contributed by atoms with E-state index in [1.807, 2.05) is 72.6 Å². The quantitative estimate of drug-likeness (QED) is 0.699. The third-order valence-electron chi connectivity index (χ3n) is 4.84. The molecule has 1 amide bonds. The molecule has 0 radical (unpaired) electrons. The van der Waals surface area contributed by atoms with Crippen molar-refractivity contribution < 1.29 is 14.3 Å². The first-order valence-corrected chi connectivity index (χ1v) is 9.36. The maximum absolute atomic E-state index is 13.3. The lowest BCUT2D eigenvalue weighted by atomic mass is 10.1. The number of morpholine rings is 1. The lowest BCUT2D eigenvalue weighted by Crippen LogP contribution is -2.44. The van der Waals surface area contributed by atoms with E-state index >= 15 is 0 Å². The lowest BCUT2D eigenvalue weighted by Gasteiger charge is -2.31. The summed E-state index contributed by atoms with van der Waals surface area (Å²) in [6.07, 6.45) is 1.84. The molecule has 1 saturated heterocycles. The number of hydrogen-bond donors (Lipinski definition) is 0. The summed E-state index contributed by atoms with van der Waals surface area (Å²) in [5, 5.41) is 4.74. The highest BCUT2D eigenvalue weighted by Gasteiger charge is 2.27. The van der Waals surface area contributed by atoms with Gasteiger partial charge in [0, 0.05) is 24.8 Å². The molecule has 6 nitrogen and oxygen atoms in total. The Labute approximate surface area is 164 Å². The summed E-state index contributed by atoms with van der Waals surface area (Å²) in [6.45, 7) is 3.69. The van der Waals surface area contributed by atoms with Gasteiger partial charge in [0.25, 0.3) is 5.91 Å². The third kappa shape index (κ3) is 3.64. The van der Waals surface area contributed by atoms with E-state index in [0.717, 1.165) is 17.0 Å². The topological polar surface area (TPSA) is 56.6 Å². The molecule has 2 heterocycles. The zero-order chi connectivity index (χ0) is 19.5. The fourth-order valence-electron chi connectivity index (χ4n) is 3.40. The number of nitrogens with zero attached hydrogens (tertiary/aromatic N) is 3. The average molecular weight is 377 g/mol. The Bertz CT molecular complexity index is 968. The number of rotatable bonds is 4. The van der Waals surface area contributed by atoms with Gasteiger partial charge in [-0.25, -0.2) is 4.68 Å². The Morgan fingerprint density at radius 2 is 2.00 bits per heavy atom. The first-order valence-electron chi connectivity index (χ1n) is 9.36. The smallest absolute Gasteiger partial charge is 0.257 e. The molecule has 1 aliphatic heterocycles. The van der Waals surface area contributed by atoms with Crippen molar-refractivity contribution in [1.82, 2.24) is 14.7 Å².